The van der Waals surface area contributed by atoms with E-state index >= 15 is 0 Å². The van der Waals surface area contributed by atoms with Gasteiger partial charge in [0.15, 0.2) is 5.78 Å². The summed E-state index contributed by atoms with van der Waals surface area (Å²) in [7, 11) is 0. The lowest BCUT2D eigenvalue weighted by atomic mass is 10.1. The zero-order chi connectivity index (χ0) is 24.1. The van der Waals surface area contributed by atoms with Crippen LogP contribution in [0.3, 0.4) is 0 Å². The molecule has 0 bridgehead atoms. The summed E-state index contributed by atoms with van der Waals surface area (Å²) in [5, 5.41) is 9.78. The number of Topliss-reactive ketones (excluding diaryl/α,β-unsaturated/α-hetero) is 1. The number of hydrogen-bond donors (Lipinski definition) is 2. The molecule has 1 atom stereocenters. The Morgan fingerprint density at radius 1 is 0.879 bits per heavy atom. The van der Waals surface area contributed by atoms with Gasteiger partial charge in [0, 0.05) is 22.7 Å². The number of nitrogens with zero attached hydrogens (tertiary/aromatic N) is 2. The fourth-order valence-electron chi connectivity index (χ4n) is 3.04. The fraction of sp³-hybridized carbons (Fsp3) is 0.240. The average Bonchev–Trinajstić information content (AvgIpc) is 2.80. The molecule has 2 aromatic carbocycles. The molecule has 0 fully saturated rings. The van der Waals surface area contributed by atoms with Gasteiger partial charge in [0.2, 0.25) is 11.8 Å². The zero-order valence-electron chi connectivity index (χ0n) is 19.0. The molecule has 170 valence electrons. The molecule has 1 heterocycles. The summed E-state index contributed by atoms with van der Waals surface area (Å²) in [6, 6.07) is 16.2. The van der Waals surface area contributed by atoms with E-state index in [4.69, 9.17) is 0 Å². The number of amides is 2. The molecule has 8 heteroatoms. The molecular formula is C25H26N4O4. The van der Waals surface area contributed by atoms with Crippen molar-refractivity contribution in [2.75, 3.05) is 10.6 Å². The first-order valence-corrected chi connectivity index (χ1v) is 10.6. The second-order valence-electron chi connectivity index (χ2n) is 8.00. The first-order valence-electron chi connectivity index (χ1n) is 10.6. The maximum Gasteiger partial charge on any atom is 0.291 e. The Bertz CT molecular complexity index is 1230. The number of ketones is 1. The summed E-state index contributed by atoms with van der Waals surface area (Å²) in [4.78, 5) is 49.7. The predicted octanol–water partition coefficient (Wildman–Crippen LogP) is 3.91. The van der Waals surface area contributed by atoms with E-state index in [1.54, 1.807) is 45.0 Å². The number of hydrogen-bond acceptors (Lipinski definition) is 5. The monoisotopic (exact) mass is 446 g/mol. The molecule has 0 radical (unpaired) electrons. The molecule has 0 saturated carbocycles. The van der Waals surface area contributed by atoms with Gasteiger partial charge < -0.3 is 10.6 Å². The van der Waals surface area contributed by atoms with Crippen molar-refractivity contribution < 1.29 is 14.4 Å². The fourth-order valence-corrected chi connectivity index (χ4v) is 3.04. The lowest BCUT2D eigenvalue weighted by molar-refractivity contribution is -0.119. The van der Waals surface area contributed by atoms with Crippen molar-refractivity contribution in [1.29, 1.82) is 0 Å². The summed E-state index contributed by atoms with van der Waals surface area (Å²) < 4.78 is 1.07. The Labute approximate surface area is 191 Å². The van der Waals surface area contributed by atoms with E-state index in [2.05, 4.69) is 15.7 Å². The Balaban J connectivity index is 1.97. The highest BCUT2D eigenvalue weighted by atomic mass is 16.2. The van der Waals surface area contributed by atoms with Crippen molar-refractivity contribution in [2.45, 2.75) is 33.7 Å². The molecular weight excluding hydrogens is 420 g/mol. The van der Waals surface area contributed by atoms with Crippen LogP contribution in [0.1, 0.15) is 44.1 Å². The average molecular weight is 447 g/mol. The quantitative estimate of drug-likeness (QED) is 0.535. The number of carbonyl (C=O) groups excluding carboxylic acids is 3. The van der Waals surface area contributed by atoms with Crippen LogP contribution in [0, 0.1) is 5.92 Å². The number of nitrogens with one attached hydrogen (secondary N) is 2. The third-order valence-electron chi connectivity index (χ3n) is 5.09. The third-order valence-corrected chi connectivity index (χ3v) is 5.09. The molecule has 0 saturated heterocycles. The Morgan fingerprint density at radius 3 is 2.09 bits per heavy atom. The highest BCUT2D eigenvalue weighted by Crippen LogP contribution is 2.20. The summed E-state index contributed by atoms with van der Waals surface area (Å²) >= 11 is 0. The van der Waals surface area contributed by atoms with E-state index in [0.29, 0.717) is 16.9 Å². The number of carbonyl (C=O) groups is 3. The van der Waals surface area contributed by atoms with E-state index in [-0.39, 0.29) is 23.3 Å². The van der Waals surface area contributed by atoms with Gasteiger partial charge in [-0.1, -0.05) is 44.2 Å². The van der Waals surface area contributed by atoms with Crippen LogP contribution < -0.4 is 16.2 Å². The molecule has 1 aromatic heterocycles. The van der Waals surface area contributed by atoms with Crippen molar-refractivity contribution in [3.8, 4) is 11.3 Å². The predicted molar refractivity (Wildman–Crippen MR) is 127 cm³/mol. The molecule has 33 heavy (non-hydrogen) atoms. The smallest absolute Gasteiger partial charge is 0.291 e. The molecule has 2 amide bonds. The van der Waals surface area contributed by atoms with Crippen molar-refractivity contribution >= 4 is 29.0 Å². The minimum absolute atomic E-state index is 0.0491. The van der Waals surface area contributed by atoms with Crippen LogP contribution in [0.25, 0.3) is 11.3 Å². The van der Waals surface area contributed by atoms with Crippen LogP contribution in [-0.2, 0) is 9.59 Å². The second kappa shape index (κ2) is 10.0. The van der Waals surface area contributed by atoms with Gasteiger partial charge in [-0.05, 0) is 44.2 Å². The van der Waals surface area contributed by atoms with Gasteiger partial charge in [-0.15, -0.1) is 0 Å². The van der Waals surface area contributed by atoms with E-state index in [1.165, 1.54) is 13.0 Å². The molecule has 3 aromatic rings. The van der Waals surface area contributed by atoms with E-state index in [1.807, 2.05) is 30.3 Å². The van der Waals surface area contributed by atoms with Gasteiger partial charge in [-0.25, -0.2) is 4.68 Å². The Kier molecular flexibility index (Phi) is 7.17. The van der Waals surface area contributed by atoms with E-state index in [0.717, 1.165) is 10.2 Å². The van der Waals surface area contributed by atoms with Gasteiger partial charge in [0.25, 0.3) is 5.56 Å². The highest BCUT2D eigenvalue weighted by Gasteiger charge is 2.22. The van der Waals surface area contributed by atoms with Gasteiger partial charge >= 0.3 is 0 Å². The van der Waals surface area contributed by atoms with Gasteiger partial charge in [-0.2, -0.15) is 5.10 Å². The van der Waals surface area contributed by atoms with E-state index < -0.39 is 17.5 Å². The van der Waals surface area contributed by atoms with Crippen LogP contribution in [0.15, 0.2) is 65.5 Å². The lowest BCUT2D eigenvalue weighted by Gasteiger charge is -2.17. The van der Waals surface area contributed by atoms with Gasteiger partial charge in [0.05, 0.1) is 5.69 Å². The normalized spacial score (nSPS) is 11.7. The van der Waals surface area contributed by atoms with Crippen LogP contribution in [0.5, 0.6) is 0 Å². The molecule has 8 nitrogen and oxygen atoms in total. The summed E-state index contributed by atoms with van der Waals surface area (Å²) in [6.07, 6.45) is 0. The molecule has 0 aliphatic carbocycles. The van der Waals surface area contributed by atoms with Crippen molar-refractivity contribution in [3.63, 3.8) is 0 Å². The molecule has 0 aliphatic heterocycles. The van der Waals surface area contributed by atoms with Crippen LogP contribution in [0.4, 0.5) is 11.4 Å². The molecule has 0 spiro atoms. The Hall–Kier alpha value is -4.07. The minimum Gasteiger partial charge on any atom is -0.324 e. The van der Waals surface area contributed by atoms with Crippen molar-refractivity contribution in [2.24, 2.45) is 5.92 Å². The SMILES string of the molecule is CC(=O)c1ccc(NC(=O)[C@@H](C)n2nc(-c3ccccc3)cc(NC(=O)C(C)C)c2=O)cc1. The summed E-state index contributed by atoms with van der Waals surface area (Å²) in [5.74, 6) is -1.19. The summed E-state index contributed by atoms with van der Waals surface area (Å²) in [6.45, 7) is 6.46. The zero-order valence-corrected chi connectivity index (χ0v) is 19.0. The van der Waals surface area contributed by atoms with Crippen LogP contribution >= 0.6 is 0 Å². The number of rotatable bonds is 7. The van der Waals surface area contributed by atoms with Crippen molar-refractivity contribution in [3.05, 3.63) is 76.6 Å². The van der Waals surface area contributed by atoms with Crippen molar-refractivity contribution in [1.82, 2.24) is 9.78 Å². The minimum atomic E-state index is -0.969. The third kappa shape index (κ3) is 5.60. The topological polar surface area (TPSA) is 110 Å². The lowest BCUT2D eigenvalue weighted by Crippen LogP contribution is -2.36. The van der Waals surface area contributed by atoms with Gasteiger partial charge in [-0.3, -0.25) is 19.2 Å². The highest BCUT2D eigenvalue weighted by molar-refractivity contribution is 5.96. The summed E-state index contributed by atoms with van der Waals surface area (Å²) in [5.41, 5.74) is 1.65. The Morgan fingerprint density at radius 2 is 1.52 bits per heavy atom. The largest absolute Gasteiger partial charge is 0.324 e. The van der Waals surface area contributed by atoms with E-state index in [9.17, 15) is 19.2 Å². The maximum atomic E-state index is 13.1. The van der Waals surface area contributed by atoms with Crippen LogP contribution in [0.2, 0.25) is 0 Å². The molecule has 0 aliphatic rings. The molecule has 0 unspecified atom stereocenters. The molecule has 2 N–H and O–H groups in total. The first-order chi connectivity index (χ1) is 15.7. The first kappa shape index (κ1) is 23.6. The second-order valence-corrected chi connectivity index (χ2v) is 8.00. The molecule has 3 rings (SSSR count). The maximum absolute atomic E-state index is 13.1. The van der Waals surface area contributed by atoms with Gasteiger partial charge in [0.1, 0.15) is 11.7 Å². The van der Waals surface area contributed by atoms with Crippen LogP contribution in [-0.4, -0.2) is 27.4 Å². The number of anilines is 2. The number of benzene rings is 2. The number of aromatic nitrogens is 2. The standard InChI is InChI=1S/C25H26N4O4/c1-15(2)23(31)27-22-14-21(19-8-6-5-7-9-19)28-29(25(22)33)16(3)24(32)26-20-12-10-18(11-13-20)17(4)30/h5-16H,1-4H3,(H,26,32)(H,27,31)/t16-/m1/s1.